The van der Waals surface area contributed by atoms with E-state index >= 15 is 0 Å². The predicted molar refractivity (Wildman–Crippen MR) is 62.0 cm³/mol. The highest BCUT2D eigenvalue weighted by Gasteiger charge is 2.34. The van der Waals surface area contributed by atoms with Crippen molar-refractivity contribution >= 4 is 0 Å². The van der Waals surface area contributed by atoms with Crippen LogP contribution in [0, 0.1) is 11.3 Å². The molecule has 0 spiro atoms. The van der Waals surface area contributed by atoms with Crippen molar-refractivity contribution in [3.63, 3.8) is 0 Å². The molecule has 3 nitrogen and oxygen atoms in total. The maximum absolute atomic E-state index is 5.53. The molecule has 2 rings (SSSR count). The average molecular weight is 212 g/mol. The quantitative estimate of drug-likeness (QED) is 0.754. The van der Waals surface area contributed by atoms with Crippen LogP contribution in [0.2, 0.25) is 0 Å². The Morgan fingerprint density at radius 3 is 2.80 bits per heavy atom. The summed E-state index contributed by atoms with van der Waals surface area (Å²) >= 11 is 0. The van der Waals surface area contributed by atoms with E-state index in [1.807, 2.05) is 7.05 Å². The van der Waals surface area contributed by atoms with Crippen LogP contribution >= 0.6 is 0 Å². The minimum atomic E-state index is 0.522. The molecular weight excluding hydrogens is 188 g/mol. The Labute approximate surface area is 93.2 Å². The fraction of sp³-hybridized carbons (Fsp3) is 1.00. The summed E-state index contributed by atoms with van der Waals surface area (Å²) in [6, 6.07) is 0.564. The lowest BCUT2D eigenvalue weighted by Crippen LogP contribution is -2.39. The van der Waals surface area contributed by atoms with Crippen LogP contribution in [0.25, 0.3) is 0 Å². The topological polar surface area (TPSA) is 24.5 Å². The van der Waals surface area contributed by atoms with Gasteiger partial charge >= 0.3 is 0 Å². The fourth-order valence-electron chi connectivity index (χ4n) is 2.81. The summed E-state index contributed by atoms with van der Waals surface area (Å²) in [5.41, 5.74) is 0.522. The summed E-state index contributed by atoms with van der Waals surface area (Å²) in [6.07, 6.45) is 1.34. The second-order valence-electron chi connectivity index (χ2n) is 5.84. The highest BCUT2D eigenvalue weighted by atomic mass is 16.5. The van der Waals surface area contributed by atoms with Crippen LogP contribution in [0.4, 0.5) is 0 Å². The lowest BCUT2D eigenvalue weighted by atomic mass is 9.93. The Morgan fingerprint density at radius 1 is 1.40 bits per heavy atom. The molecule has 3 heteroatoms. The zero-order valence-electron chi connectivity index (χ0n) is 10.3. The molecule has 0 saturated carbocycles. The lowest BCUT2D eigenvalue weighted by molar-refractivity contribution is 0.171. The minimum Gasteiger partial charge on any atom is -0.379 e. The third kappa shape index (κ3) is 2.71. The van der Waals surface area contributed by atoms with E-state index < -0.39 is 0 Å². The van der Waals surface area contributed by atoms with Crippen molar-refractivity contribution in [1.82, 2.24) is 10.2 Å². The molecular formula is C12H24N2O. The maximum Gasteiger partial charge on any atom is 0.0623 e. The predicted octanol–water partition coefficient (Wildman–Crippen LogP) is 0.953. The van der Waals surface area contributed by atoms with Crippen molar-refractivity contribution in [2.75, 3.05) is 39.9 Å². The van der Waals surface area contributed by atoms with Crippen molar-refractivity contribution in [2.24, 2.45) is 11.3 Å². The van der Waals surface area contributed by atoms with Gasteiger partial charge in [0.2, 0.25) is 0 Å². The molecule has 0 aromatic heterocycles. The molecule has 0 aliphatic carbocycles. The normalized spacial score (nSPS) is 36.2. The van der Waals surface area contributed by atoms with E-state index in [1.54, 1.807) is 0 Å². The van der Waals surface area contributed by atoms with Crippen LogP contribution < -0.4 is 5.32 Å². The molecule has 0 amide bonds. The summed E-state index contributed by atoms with van der Waals surface area (Å²) in [7, 11) is 2.04. The molecule has 0 radical (unpaired) electrons. The first kappa shape index (κ1) is 11.4. The van der Waals surface area contributed by atoms with Crippen LogP contribution in [-0.4, -0.2) is 50.8 Å². The van der Waals surface area contributed by atoms with E-state index in [0.29, 0.717) is 17.4 Å². The van der Waals surface area contributed by atoms with Crippen molar-refractivity contribution < 1.29 is 4.74 Å². The number of hydrogen-bond acceptors (Lipinski definition) is 3. The molecule has 2 atom stereocenters. The highest BCUT2D eigenvalue weighted by molar-refractivity contribution is 4.88. The molecule has 15 heavy (non-hydrogen) atoms. The van der Waals surface area contributed by atoms with Gasteiger partial charge in [-0.3, -0.25) is 0 Å². The van der Waals surface area contributed by atoms with Crippen LogP contribution in [0.1, 0.15) is 20.3 Å². The number of hydrogen-bond donors (Lipinski definition) is 1. The van der Waals surface area contributed by atoms with Crippen molar-refractivity contribution in [1.29, 1.82) is 0 Å². The summed E-state index contributed by atoms with van der Waals surface area (Å²) < 4.78 is 5.53. The molecule has 0 aromatic carbocycles. The van der Waals surface area contributed by atoms with Crippen molar-refractivity contribution in [3.05, 3.63) is 0 Å². The number of nitrogens with one attached hydrogen (secondary N) is 1. The van der Waals surface area contributed by atoms with Gasteiger partial charge in [-0.15, -0.1) is 0 Å². The molecule has 2 unspecified atom stereocenters. The molecule has 2 aliphatic rings. The Morgan fingerprint density at radius 2 is 2.20 bits per heavy atom. The summed E-state index contributed by atoms with van der Waals surface area (Å²) in [4.78, 5) is 2.60. The first-order valence-electron chi connectivity index (χ1n) is 6.08. The van der Waals surface area contributed by atoms with E-state index in [4.69, 9.17) is 4.74 Å². The van der Waals surface area contributed by atoms with Gasteiger partial charge in [-0.2, -0.15) is 0 Å². The molecule has 88 valence electrons. The third-order valence-electron chi connectivity index (χ3n) is 3.82. The molecule has 1 N–H and O–H groups in total. The number of likely N-dealkylation sites (N-methyl/N-ethyl adjacent to an activating group) is 1. The second-order valence-corrected chi connectivity index (χ2v) is 5.84. The Hall–Kier alpha value is -0.120. The number of rotatable bonds is 3. The van der Waals surface area contributed by atoms with Gasteiger partial charge in [0.15, 0.2) is 0 Å². The average Bonchev–Trinajstić information content (AvgIpc) is 2.73. The summed E-state index contributed by atoms with van der Waals surface area (Å²) in [5.74, 6) is 0.684. The first-order chi connectivity index (χ1) is 7.11. The standard InChI is InChI=1S/C12H24N2O/c1-12(2)4-5-14(9-12)6-10-7-15-8-11(10)13-3/h10-11,13H,4-9H2,1-3H3. The van der Waals surface area contributed by atoms with E-state index in [1.165, 1.54) is 26.1 Å². The van der Waals surface area contributed by atoms with Crippen molar-refractivity contribution in [3.8, 4) is 0 Å². The van der Waals surface area contributed by atoms with E-state index in [-0.39, 0.29) is 0 Å². The van der Waals surface area contributed by atoms with Crippen molar-refractivity contribution in [2.45, 2.75) is 26.3 Å². The number of nitrogens with zero attached hydrogens (tertiary/aromatic N) is 1. The third-order valence-corrected chi connectivity index (χ3v) is 3.82. The zero-order chi connectivity index (χ0) is 10.9. The summed E-state index contributed by atoms with van der Waals surface area (Å²) in [6.45, 7) is 10.3. The fourth-order valence-corrected chi connectivity index (χ4v) is 2.81. The van der Waals surface area contributed by atoms with E-state index in [9.17, 15) is 0 Å². The lowest BCUT2D eigenvalue weighted by Gasteiger charge is -2.25. The van der Waals surface area contributed by atoms with Crippen LogP contribution in [0.5, 0.6) is 0 Å². The van der Waals surface area contributed by atoms with Gasteiger partial charge in [-0.05, 0) is 25.4 Å². The summed E-state index contributed by atoms with van der Waals surface area (Å²) in [5, 5.41) is 3.36. The molecule has 2 heterocycles. The molecule has 2 aliphatic heterocycles. The van der Waals surface area contributed by atoms with Gasteiger partial charge < -0.3 is 15.0 Å². The van der Waals surface area contributed by atoms with Gasteiger partial charge in [-0.25, -0.2) is 0 Å². The Balaban J connectivity index is 1.82. The molecule has 2 fully saturated rings. The van der Waals surface area contributed by atoms with Gasteiger partial charge in [-0.1, -0.05) is 13.8 Å². The maximum atomic E-state index is 5.53. The molecule has 0 aromatic rings. The largest absolute Gasteiger partial charge is 0.379 e. The van der Waals surface area contributed by atoms with Crippen LogP contribution in [0.15, 0.2) is 0 Å². The second kappa shape index (κ2) is 4.40. The molecule has 2 saturated heterocycles. The molecule has 0 bridgehead atoms. The van der Waals surface area contributed by atoms with Gasteiger partial charge in [0.25, 0.3) is 0 Å². The van der Waals surface area contributed by atoms with E-state index in [2.05, 4.69) is 24.1 Å². The minimum absolute atomic E-state index is 0.522. The van der Waals surface area contributed by atoms with Crippen LogP contribution in [-0.2, 0) is 4.74 Å². The highest BCUT2D eigenvalue weighted by Crippen LogP contribution is 2.30. The SMILES string of the molecule is CNC1COCC1CN1CCC(C)(C)C1. The number of likely N-dealkylation sites (tertiary alicyclic amines) is 1. The van der Waals surface area contributed by atoms with Gasteiger partial charge in [0.05, 0.1) is 13.2 Å². The number of ether oxygens (including phenoxy) is 1. The zero-order valence-corrected chi connectivity index (χ0v) is 10.3. The smallest absolute Gasteiger partial charge is 0.0623 e. The monoisotopic (exact) mass is 212 g/mol. The van der Waals surface area contributed by atoms with Gasteiger partial charge in [0.1, 0.15) is 0 Å². The van der Waals surface area contributed by atoms with Gasteiger partial charge in [0, 0.05) is 25.0 Å². The Bertz CT molecular complexity index is 218. The first-order valence-corrected chi connectivity index (χ1v) is 6.08. The van der Waals surface area contributed by atoms with E-state index in [0.717, 1.165) is 13.2 Å². The van der Waals surface area contributed by atoms with Crippen LogP contribution in [0.3, 0.4) is 0 Å². The Kier molecular flexibility index (Phi) is 3.33.